The number of benzene rings is 1. The molecule has 0 radical (unpaired) electrons. The molecule has 0 aliphatic carbocycles. The fourth-order valence-electron chi connectivity index (χ4n) is 5.69. The molecule has 1 aromatic heterocycles. The van der Waals surface area contributed by atoms with Crippen LogP contribution in [0.3, 0.4) is 0 Å². The van der Waals surface area contributed by atoms with Gasteiger partial charge >= 0.3 is 12.1 Å². The molecule has 0 unspecified atom stereocenters. The van der Waals surface area contributed by atoms with Crippen LogP contribution < -0.4 is 4.74 Å². The van der Waals surface area contributed by atoms with E-state index < -0.39 is 59.2 Å². The number of methoxy groups -OCH3 is 1. The first-order chi connectivity index (χ1) is 18.7. The lowest BCUT2D eigenvalue weighted by Gasteiger charge is -2.35. The number of hydrogen-bond acceptors (Lipinski definition) is 6. The van der Waals surface area contributed by atoms with E-state index in [0.29, 0.717) is 36.2 Å². The summed E-state index contributed by atoms with van der Waals surface area (Å²) in [6.07, 6.45) is -4.61. The van der Waals surface area contributed by atoms with E-state index >= 15 is 0 Å². The van der Waals surface area contributed by atoms with Gasteiger partial charge in [-0.1, -0.05) is 44.5 Å². The number of rotatable bonds is 7. The summed E-state index contributed by atoms with van der Waals surface area (Å²) in [6.45, 7) is 5.53. The number of aromatic nitrogens is 1. The maximum absolute atomic E-state index is 13.9. The van der Waals surface area contributed by atoms with E-state index in [9.17, 15) is 27.9 Å². The molecule has 1 aromatic carbocycles. The minimum absolute atomic E-state index is 0.0330. The van der Waals surface area contributed by atoms with Crippen LogP contribution in [0.15, 0.2) is 36.5 Å². The van der Waals surface area contributed by atoms with Crippen LogP contribution in [-0.4, -0.2) is 58.8 Å². The van der Waals surface area contributed by atoms with E-state index in [2.05, 4.69) is 4.98 Å². The number of carbonyl (C=O) groups is 2. The molecule has 4 rings (SSSR count). The van der Waals surface area contributed by atoms with Crippen molar-refractivity contribution in [3.05, 3.63) is 58.2 Å². The number of likely N-dealkylation sites (tertiary alicyclic amines) is 1. The number of carboxylic acids is 1. The van der Waals surface area contributed by atoms with Crippen LogP contribution in [0.4, 0.5) is 13.2 Å². The molecule has 0 spiro atoms. The summed E-state index contributed by atoms with van der Waals surface area (Å²) in [4.78, 5) is 31.8. The van der Waals surface area contributed by atoms with E-state index in [-0.39, 0.29) is 18.1 Å². The van der Waals surface area contributed by atoms with Gasteiger partial charge in [-0.25, -0.2) is 9.78 Å². The number of hydrogen-bond donors (Lipinski definition) is 1. The summed E-state index contributed by atoms with van der Waals surface area (Å²) < 4.78 is 57.5. The Morgan fingerprint density at radius 1 is 1.23 bits per heavy atom. The molecular weight excluding hydrogens is 553 g/mol. The van der Waals surface area contributed by atoms with Crippen molar-refractivity contribution in [3.63, 3.8) is 0 Å². The molecule has 2 aliphatic rings. The van der Waals surface area contributed by atoms with Gasteiger partial charge in [0, 0.05) is 29.3 Å². The summed E-state index contributed by atoms with van der Waals surface area (Å²) in [6, 6.07) is 5.37. The first kappa shape index (κ1) is 30.1. The van der Waals surface area contributed by atoms with Gasteiger partial charge in [-0.2, -0.15) is 13.2 Å². The number of nitrogens with zero attached hydrogens (tertiary/aromatic N) is 2. The normalized spacial score (nSPS) is 25.3. The Kier molecular flexibility index (Phi) is 8.68. The molecule has 1 amide bonds. The summed E-state index contributed by atoms with van der Waals surface area (Å²) in [5, 5.41) is 10.8. The van der Waals surface area contributed by atoms with E-state index in [0.717, 1.165) is 6.07 Å². The second-order valence-electron chi connectivity index (χ2n) is 11.1. The highest BCUT2D eigenvalue weighted by atomic mass is 35.5. The van der Waals surface area contributed by atoms with Crippen LogP contribution in [0.2, 0.25) is 5.02 Å². The third-order valence-electron chi connectivity index (χ3n) is 7.38. The molecule has 3 heterocycles. The third kappa shape index (κ3) is 6.06. The number of amides is 1. The third-order valence-corrected chi connectivity index (χ3v) is 7.62. The Bertz CT molecular complexity index is 1250. The van der Waals surface area contributed by atoms with Crippen LogP contribution >= 0.6 is 11.6 Å². The van der Waals surface area contributed by atoms with Crippen molar-refractivity contribution < 1.29 is 42.1 Å². The SMILES string of the molecule is COc1ncc(C(F)(F)F)cc1CO[C@H]1[C@H](C(C)(C)C)[C@@H](C(=O)O)N(C(=O)[C@@H]2CCCO2)[C@H]1c1cccc(Cl)c1. The maximum atomic E-state index is 13.9. The predicted octanol–water partition coefficient (Wildman–Crippen LogP) is 5.53. The minimum Gasteiger partial charge on any atom is -0.481 e. The van der Waals surface area contributed by atoms with Crippen LogP contribution in [-0.2, 0) is 31.8 Å². The second-order valence-corrected chi connectivity index (χ2v) is 11.5. The molecule has 2 fully saturated rings. The number of alkyl halides is 3. The lowest BCUT2D eigenvalue weighted by atomic mass is 9.73. The summed E-state index contributed by atoms with van der Waals surface area (Å²) in [5.74, 6) is -2.51. The molecular formula is C28H32ClF3N2O6. The quantitative estimate of drug-likeness (QED) is 0.457. The number of halogens is 4. The van der Waals surface area contributed by atoms with Crippen LogP contribution in [0.1, 0.15) is 56.3 Å². The predicted molar refractivity (Wildman–Crippen MR) is 139 cm³/mol. The second kappa shape index (κ2) is 11.5. The van der Waals surface area contributed by atoms with Crippen molar-refractivity contribution in [1.82, 2.24) is 9.88 Å². The van der Waals surface area contributed by atoms with Crippen molar-refractivity contribution in [1.29, 1.82) is 0 Å². The molecule has 1 N–H and O–H groups in total. The lowest BCUT2D eigenvalue weighted by Crippen LogP contribution is -2.50. The fraction of sp³-hybridized carbons (Fsp3) is 0.536. The van der Waals surface area contributed by atoms with E-state index in [1.807, 2.05) is 20.8 Å². The molecule has 0 bridgehead atoms. The van der Waals surface area contributed by atoms with Crippen molar-refractivity contribution in [3.8, 4) is 5.88 Å². The number of pyridine rings is 1. The van der Waals surface area contributed by atoms with E-state index in [1.165, 1.54) is 12.0 Å². The number of carbonyl (C=O) groups excluding carboxylic acids is 1. The van der Waals surface area contributed by atoms with Gasteiger partial charge in [0.15, 0.2) is 0 Å². The van der Waals surface area contributed by atoms with Gasteiger partial charge in [0.25, 0.3) is 5.91 Å². The van der Waals surface area contributed by atoms with Gasteiger partial charge in [-0.15, -0.1) is 0 Å². The molecule has 2 aliphatic heterocycles. The standard InChI is InChI=1S/C28H32ClF3N2O6/c1-27(2,3)20-22(26(36)37)34(25(35)19-9-6-10-39-19)21(15-7-5-8-18(29)12-15)23(20)40-14-16-11-17(28(30,31)32)13-33-24(16)38-4/h5,7-8,11-13,19-23H,6,9-10,14H2,1-4H3,(H,36,37)/t19-,20+,21-,22-,23-/m0/s1. The number of ether oxygens (including phenoxy) is 3. The molecule has 40 heavy (non-hydrogen) atoms. The zero-order valence-corrected chi connectivity index (χ0v) is 23.3. The molecule has 8 nitrogen and oxygen atoms in total. The summed E-state index contributed by atoms with van der Waals surface area (Å²) in [5.41, 5.74) is -1.11. The molecule has 12 heteroatoms. The monoisotopic (exact) mass is 584 g/mol. The Hall–Kier alpha value is -2.89. The Balaban J connectivity index is 1.83. The number of aliphatic carboxylic acids is 1. The zero-order chi connectivity index (χ0) is 29.4. The highest BCUT2D eigenvalue weighted by molar-refractivity contribution is 6.30. The van der Waals surface area contributed by atoms with Crippen molar-refractivity contribution in [2.75, 3.05) is 13.7 Å². The average Bonchev–Trinajstić information content (AvgIpc) is 3.53. The molecule has 2 saturated heterocycles. The van der Waals surface area contributed by atoms with Crippen LogP contribution in [0.5, 0.6) is 5.88 Å². The topological polar surface area (TPSA) is 98.2 Å². The van der Waals surface area contributed by atoms with Crippen LogP contribution in [0, 0.1) is 11.3 Å². The minimum atomic E-state index is -4.64. The summed E-state index contributed by atoms with van der Waals surface area (Å²) >= 11 is 6.31. The Morgan fingerprint density at radius 2 is 1.95 bits per heavy atom. The fourth-order valence-corrected chi connectivity index (χ4v) is 5.89. The van der Waals surface area contributed by atoms with Gasteiger partial charge in [0.2, 0.25) is 5.88 Å². The lowest BCUT2D eigenvalue weighted by molar-refractivity contribution is -0.156. The molecule has 0 saturated carbocycles. The smallest absolute Gasteiger partial charge is 0.417 e. The largest absolute Gasteiger partial charge is 0.481 e. The van der Waals surface area contributed by atoms with E-state index in [4.69, 9.17) is 25.8 Å². The first-order valence-electron chi connectivity index (χ1n) is 12.9. The van der Waals surface area contributed by atoms with Gasteiger partial charge in [0.05, 0.1) is 31.4 Å². The van der Waals surface area contributed by atoms with Crippen LogP contribution in [0.25, 0.3) is 0 Å². The maximum Gasteiger partial charge on any atom is 0.417 e. The Morgan fingerprint density at radius 3 is 2.50 bits per heavy atom. The Labute approximate surface area is 235 Å². The average molecular weight is 585 g/mol. The van der Waals surface area contributed by atoms with Gasteiger partial charge in [0.1, 0.15) is 12.1 Å². The highest BCUT2D eigenvalue weighted by Gasteiger charge is 2.59. The van der Waals surface area contributed by atoms with Gasteiger partial charge in [-0.3, -0.25) is 4.79 Å². The first-order valence-corrected chi connectivity index (χ1v) is 13.3. The zero-order valence-electron chi connectivity index (χ0n) is 22.6. The van der Waals surface area contributed by atoms with Crippen molar-refractivity contribution >= 4 is 23.5 Å². The van der Waals surface area contributed by atoms with Crippen molar-refractivity contribution in [2.45, 2.75) is 70.7 Å². The van der Waals surface area contributed by atoms with Gasteiger partial charge in [-0.05, 0) is 42.0 Å². The summed E-state index contributed by atoms with van der Waals surface area (Å²) in [7, 11) is 1.28. The molecule has 5 atom stereocenters. The molecule has 218 valence electrons. The van der Waals surface area contributed by atoms with Gasteiger partial charge < -0.3 is 24.2 Å². The van der Waals surface area contributed by atoms with E-state index in [1.54, 1.807) is 24.3 Å². The van der Waals surface area contributed by atoms with Crippen molar-refractivity contribution in [2.24, 2.45) is 11.3 Å². The molecule has 2 aromatic rings. The highest BCUT2D eigenvalue weighted by Crippen LogP contribution is 2.50. The number of carboxylic acid groups (broad SMARTS) is 1.